The maximum absolute atomic E-state index is 13.0. The van der Waals surface area contributed by atoms with Crippen molar-refractivity contribution in [3.05, 3.63) is 59.2 Å². The highest BCUT2D eigenvalue weighted by atomic mass is 19.4. The monoisotopic (exact) mass is 378 g/mol. The van der Waals surface area contributed by atoms with E-state index < -0.39 is 17.8 Å². The lowest BCUT2D eigenvalue weighted by Gasteiger charge is -2.13. The Morgan fingerprint density at radius 1 is 1.19 bits per heavy atom. The first kappa shape index (κ1) is 18.7. The minimum Gasteiger partial charge on any atom is -0.361 e. The molecular formula is C18H17F3N4O2. The van der Waals surface area contributed by atoms with E-state index >= 15 is 0 Å². The van der Waals surface area contributed by atoms with Gasteiger partial charge in [0, 0.05) is 11.3 Å². The second kappa shape index (κ2) is 6.90. The second-order valence-corrected chi connectivity index (χ2v) is 6.12. The van der Waals surface area contributed by atoms with Gasteiger partial charge in [0.2, 0.25) is 5.91 Å². The predicted octanol–water partition coefficient (Wildman–Crippen LogP) is 4.24. The van der Waals surface area contributed by atoms with Crippen LogP contribution in [0.5, 0.6) is 0 Å². The zero-order valence-corrected chi connectivity index (χ0v) is 14.8. The number of rotatable bonds is 4. The van der Waals surface area contributed by atoms with E-state index in [1.807, 2.05) is 0 Å². The third-order valence-corrected chi connectivity index (χ3v) is 4.23. The number of alkyl halides is 3. The van der Waals surface area contributed by atoms with Crippen LogP contribution in [0.1, 0.15) is 35.6 Å². The molecule has 3 rings (SSSR count). The Kier molecular flexibility index (Phi) is 4.77. The van der Waals surface area contributed by atoms with E-state index in [1.54, 1.807) is 20.8 Å². The van der Waals surface area contributed by atoms with Gasteiger partial charge >= 0.3 is 6.18 Å². The molecule has 1 N–H and O–H groups in total. The molecule has 1 aromatic carbocycles. The molecule has 1 unspecified atom stereocenters. The SMILES string of the molecule is Cc1noc(C)c1C(C)C(=O)Nc1ccc(-n2nccc2C(F)(F)F)cc1. The molecule has 0 saturated heterocycles. The summed E-state index contributed by atoms with van der Waals surface area (Å²) in [5, 5.41) is 10.3. The molecule has 27 heavy (non-hydrogen) atoms. The first-order valence-corrected chi connectivity index (χ1v) is 8.13. The fourth-order valence-electron chi connectivity index (χ4n) is 2.90. The average molecular weight is 378 g/mol. The van der Waals surface area contributed by atoms with Crippen molar-refractivity contribution in [2.24, 2.45) is 0 Å². The molecule has 2 heterocycles. The number of anilines is 1. The standard InChI is InChI=1S/C18H17F3N4O2/c1-10(16-11(2)24-27-12(16)3)17(26)23-13-4-6-14(7-5-13)25-15(8-9-22-25)18(19,20)21/h4-10H,1-3H3,(H,23,26). The Balaban J connectivity index is 1.77. The van der Waals surface area contributed by atoms with Gasteiger partial charge in [0.15, 0.2) is 0 Å². The van der Waals surface area contributed by atoms with Crippen molar-refractivity contribution in [2.45, 2.75) is 32.9 Å². The van der Waals surface area contributed by atoms with Crippen LogP contribution in [0, 0.1) is 13.8 Å². The maximum Gasteiger partial charge on any atom is 0.433 e. The summed E-state index contributed by atoms with van der Waals surface area (Å²) in [4.78, 5) is 12.5. The first-order valence-electron chi connectivity index (χ1n) is 8.13. The average Bonchev–Trinajstić information content (AvgIpc) is 3.22. The van der Waals surface area contributed by atoms with E-state index in [2.05, 4.69) is 15.6 Å². The molecule has 3 aromatic rings. The Bertz CT molecular complexity index is 938. The van der Waals surface area contributed by atoms with Crippen LogP contribution < -0.4 is 5.32 Å². The summed E-state index contributed by atoms with van der Waals surface area (Å²) >= 11 is 0. The van der Waals surface area contributed by atoms with Crippen molar-refractivity contribution in [2.75, 3.05) is 5.32 Å². The number of carbonyl (C=O) groups excluding carboxylic acids is 1. The predicted molar refractivity (Wildman–Crippen MR) is 91.6 cm³/mol. The fourth-order valence-corrected chi connectivity index (χ4v) is 2.90. The van der Waals surface area contributed by atoms with E-state index in [-0.39, 0.29) is 11.6 Å². The summed E-state index contributed by atoms with van der Waals surface area (Å²) in [5.41, 5.74) is 1.19. The molecule has 1 atom stereocenters. The van der Waals surface area contributed by atoms with Crippen molar-refractivity contribution < 1.29 is 22.5 Å². The summed E-state index contributed by atoms with van der Waals surface area (Å²) < 4.78 is 44.8. The summed E-state index contributed by atoms with van der Waals surface area (Å²) in [7, 11) is 0. The largest absolute Gasteiger partial charge is 0.433 e. The van der Waals surface area contributed by atoms with E-state index in [0.29, 0.717) is 17.1 Å². The number of halogens is 3. The van der Waals surface area contributed by atoms with E-state index in [1.165, 1.54) is 24.3 Å². The third-order valence-electron chi connectivity index (χ3n) is 4.23. The lowest BCUT2D eigenvalue weighted by Crippen LogP contribution is -2.19. The quantitative estimate of drug-likeness (QED) is 0.737. The lowest BCUT2D eigenvalue weighted by molar-refractivity contribution is -0.142. The van der Waals surface area contributed by atoms with Gasteiger partial charge in [0.05, 0.1) is 23.5 Å². The number of nitrogens with zero attached hydrogens (tertiary/aromatic N) is 3. The van der Waals surface area contributed by atoms with Crippen LogP contribution in [0.15, 0.2) is 41.1 Å². The highest BCUT2D eigenvalue weighted by Crippen LogP contribution is 2.31. The summed E-state index contributed by atoms with van der Waals surface area (Å²) in [5.74, 6) is -0.185. The van der Waals surface area contributed by atoms with E-state index in [9.17, 15) is 18.0 Å². The summed E-state index contributed by atoms with van der Waals surface area (Å²) in [6, 6.07) is 6.86. The normalized spacial score (nSPS) is 12.8. The molecule has 0 saturated carbocycles. The molecule has 0 bridgehead atoms. The molecule has 6 nitrogen and oxygen atoms in total. The minimum atomic E-state index is -4.51. The van der Waals surface area contributed by atoms with Crippen LogP contribution in [0.4, 0.5) is 18.9 Å². The van der Waals surface area contributed by atoms with Gasteiger partial charge in [-0.1, -0.05) is 5.16 Å². The van der Waals surface area contributed by atoms with Gasteiger partial charge in [-0.2, -0.15) is 18.3 Å². The number of aromatic nitrogens is 3. The zero-order chi connectivity index (χ0) is 19.8. The van der Waals surface area contributed by atoms with Crippen LogP contribution >= 0.6 is 0 Å². The molecule has 0 aliphatic heterocycles. The van der Waals surface area contributed by atoms with Gasteiger partial charge in [0.25, 0.3) is 0 Å². The number of hydrogen-bond donors (Lipinski definition) is 1. The van der Waals surface area contributed by atoms with Gasteiger partial charge < -0.3 is 9.84 Å². The highest BCUT2D eigenvalue weighted by Gasteiger charge is 2.35. The molecule has 1 amide bonds. The van der Waals surface area contributed by atoms with Gasteiger partial charge in [-0.25, -0.2) is 4.68 Å². The van der Waals surface area contributed by atoms with Crippen molar-refractivity contribution in [1.82, 2.24) is 14.9 Å². The number of nitrogens with one attached hydrogen (secondary N) is 1. The number of hydrogen-bond acceptors (Lipinski definition) is 4. The molecule has 0 aliphatic rings. The summed E-state index contributed by atoms with van der Waals surface area (Å²) in [6.07, 6.45) is -3.42. The van der Waals surface area contributed by atoms with Crippen LogP contribution in [-0.2, 0) is 11.0 Å². The third kappa shape index (κ3) is 3.71. The first-order chi connectivity index (χ1) is 12.7. The molecule has 2 aromatic heterocycles. The Morgan fingerprint density at radius 3 is 2.41 bits per heavy atom. The molecule has 9 heteroatoms. The van der Waals surface area contributed by atoms with Gasteiger partial charge in [-0.05, 0) is 51.1 Å². The Hall–Kier alpha value is -3.10. The Morgan fingerprint density at radius 2 is 1.85 bits per heavy atom. The number of carbonyl (C=O) groups is 1. The number of benzene rings is 1. The van der Waals surface area contributed by atoms with Crippen molar-refractivity contribution in [3.63, 3.8) is 0 Å². The topological polar surface area (TPSA) is 73.0 Å². The van der Waals surface area contributed by atoms with Gasteiger partial charge in [0.1, 0.15) is 11.5 Å². The van der Waals surface area contributed by atoms with Crippen LogP contribution in [-0.4, -0.2) is 20.8 Å². The molecule has 0 fully saturated rings. The van der Waals surface area contributed by atoms with Crippen LogP contribution in [0.3, 0.4) is 0 Å². The Labute approximate surface area is 153 Å². The van der Waals surface area contributed by atoms with Gasteiger partial charge in [-0.3, -0.25) is 4.79 Å². The minimum absolute atomic E-state index is 0.240. The van der Waals surface area contributed by atoms with E-state index in [4.69, 9.17) is 4.52 Å². The maximum atomic E-state index is 13.0. The lowest BCUT2D eigenvalue weighted by atomic mass is 9.98. The highest BCUT2D eigenvalue weighted by molar-refractivity contribution is 5.95. The summed E-state index contributed by atoms with van der Waals surface area (Å²) in [6.45, 7) is 5.22. The zero-order valence-electron chi connectivity index (χ0n) is 14.8. The van der Waals surface area contributed by atoms with Crippen LogP contribution in [0.25, 0.3) is 5.69 Å². The van der Waals surface area contributed by atoms with Crippen molar-refractivity contribution in [3.8, 4) is 5.69 Å². The van der Waals surface area contributed by atoms with Crippen molar-refractivity contribution in [1.29, 1.82) is 0 Å². The van der Waals surface area contributed by atoms with Gasteiger partial charge in [-0.15, -0.1) is 0 Å². The molecule has 0 spiro atoms. The van der Waals surface area contributed by atoms with Crippen LogP contribution in [0.2, 0.25) is 0 Å². The van der Waals surface area contributed by atoms with E-state index in [0.717, 1.165) is 22.5 Å². The number of aryl methyl sites for hydroxylation is 2. The van der Waals surface area contributed by atoms with Crippen molar-refractivity contribution >= 4 is 11.6 Å². The molecule has 0 radical (unpaired) electrons. The second-order valence-electron chi connectivity index (χ2n) is 6.12. The molecular weight excluding hydrogens is 361 g/mol. The number of amides is 1. The smallest absolute Gasteiger partial charge is 0.361 e. The molecule has 0 aliphatic carbocycles. The molecule has 142 valence electrons. The fraction of sp³-hybridized carbons (Fsp3) is 0.278.